The summed E-state index contributed by atoms with van der Waals surface area (Å²) in [6.45, 7) is 6.02. The summed E-state index contributed by atoms with van der Waals surface area (Å²) < 4.78 is 7.67. The molecule has 0 aromatic heterocycles. The lowest BCUT2D eigenvalue weighted by Crippen LogP contribution is -2.21. The van der Waals surface area contributed by atoms with E-state index in [0.717, 1.165) is 39.4 Å². The van der Waals surface area contributed by atoms with Gasteiger partial charge in [-0.1, -0.05) is 9.39 Å². The van der Waals surface area contributed by atoms with Crippen LogP contribution >= 0.6 is 9.39 Å². The van der Waals surface area contributed by atoms with Crippen molar-refractivity contribution in [2.75, 3.05) is 39.4 Å². The molecule has 0 saturated carbocycles. The van der Waals surface area contributed by atoms with Crippen LogP contribution in [0.1, 0.15) is 12.8 Å². The molecule has 0 amide bonds. The summed E-state index contributed by atoms with van der Waals surface area (Å²) in [5.41, 5.74) is 0. The molecule has 0 bridgehead atoms. The highest BCUT2D eigenvalue weighted by atomic mass is 31.0. The van der Waals surface area contributed by atoms with Gasteiger partial charge in [0.2, 0.25) is 0 Å². The van der Waals surface area contributed by atoms with Crippen LogP contribution in [0.3, 0.4) is 0 Å². The first-order chi connectivity index (χ1) is 5.89. The first-order valence-electron chi connectivity index (χ1n) is 4.68. The van der Waals surface area contributed by atoms with Gasteiger partial charge in [-0.05, 0) is 19.4 Å². The second-order valence-electron chi connectivity index (χ2n) is 3.11. The molecule has 0 spiro atoms. The third-order valence-corrected chi connectivity index (χ3v) is 2.51. The number of hydrogen-bond acceptors (Lipinski definition) is 3. The van der Waals surface area contributed by atoms with Gasteiger partial charge < -0.3 is 10.1 Å². The van der Waals surface area contributed by atoms with Gasteiger partial charge in [0.25, 0.3) is 0 Å². The highest BCUT2D eigenvalue weighted by molar-refractivity contribution is 7.13. The maximum absolute atomic E-state index is 5.42. The van der Waals surface area contributed by atoms with Crippen LogP contribution in [0.2, 0.25) is 0 Å². The van der Waals surface area contributed by atoms with Crippen molar-refractivity contribution in [2.45, 2.75) is 12.8 Å². The fraction of sp³-hybridized carbons (Fsp3) is 1.00. The van der Waals surface area contributed by atoms with Gasteiger partial charge in [-0.15, -0.1) is 0 Å². The van der Waals surface area contributed by atoms with E-state index in [0.29, 0.717) is 0 Å². The molecule has 0 aromatic rings. The minimum atomic E-state index is 0.846. The van der Waals surface area contributed by atoms with Crippen molar-refractivity contribution < 1.29 is 4.74 Å². The van der Waals surface area contributed by atoms with E-state index in [4.69, 9.17) is 4.74 Å². The van der Waals surface area contributed by atoms with E-state index in [2.05, 4.69) is 19.4 Å². The van der Waals surface area contributed by atoms with Gasteiger partial charge in [-0.25, -0.2) is 0 Å². The average molecular weight is 190 g/mol. The van der Waals surface area contributed by atoms with Crippen molar-refractivity contribution >= 4 is 9.39 Å². The molecule has 3 nitrogen and oxygen atoms in total. The smallest absolute Gasteiger partial charge is 0.0597 e. The molecule has 0 aliphatic carbocycles. The van der Waals surface area contributed by atoms with Crippen molar-refractivity contribution in [3.63, 3.8) is 0 Å². The van der Waals surface area contributed by atoms with Gasteiger partial charge in [0.05, 0.1) is 13.2 Å². The first-order valence-corrected chi connectivity index (χ1v) is 5.19. The van der Waals surface area contributed by atoms with Crippen LogP contribution in [-0.4, -0.2) is 44.1 Å². The predicted octanol–water partition coefficient (Wildman–Crippen LogP) is 0.478. The number of ether oxygens (including phenoxy) is 1. The van der Waals surface area contributed by atoms with Crippen molar-refractivity contribution in [1.29, 1.82) is 0 Å². The first kappa shape index (κ1) is 10.4. The molecule has 1 heterocycles. The van der Waals surface area contributed by atoms with Crippen molar-refractivity contribution in [1.82, 2.24) is 9.99 Å². The lowest BCUT2D eigenvalue weighted by molar-refractivity contribution is 0.128. The zero-order chi connectivity index (χ0) is 8.65. The van der Waals surface area contributed by atoms with Crippen molar-refractivity contribution in [3.8, 4) is 0 Å². The van der Waals surface area contributed by atoms with Crippen LogP contribution < -0.4 is 5.32 Å². The van der Waals surface area contributed by atoms with Crippen LogP contribution in [0.25, 0.3) is 0 Å². The highest BCUT2D eigenvalue weighted by Gasteiger charge is 1.99. The topological polar surface area (TPSA) is 24.5 Å². The molecular weight excluding hydrogens is 171 g/mol. The third kappa shape index (κ3) is 5.04. The largest absolute Gasteiger partial charge is 0.379 e. The predicted molar refractivity (Wildman–Crippen MR) is 54.2 cm³/mol. The number of rotatable bonds is 0. The van der Waals surface area contributed by atoms with Crippen LogP contribution in [-0.2, 0) is 4.74 Å². The van der Waals surface area contributed by atoms with E-state index in [1.165, 1.54) is 12.8 Å². The maximum atomic E-state index is 5.42. The van der Waals surface area contributed by atoms with E-state index < -0.39 is 0 Å². The Bertz CT molecular complexity index is 101. The Morgan fingerprint density at radius 3 is 2.92 bits per heavy atom. The number of hydrogen-bond donors (Lipinski definition) is 1. The van der Waals surface area contributed by atoms with Crippen LogP contribution in [0.5, 0.6) is 0 Å². The summed E-state index contributed by atoms with van der Waals surface area (Å²) in [5, 5.41) is 3.35. The molecule has 1 N–H and O–H groups in total. The van der Waals surface area contributed by atoms with Gasteiger partial charge in [0.15, 0.2) is 0 Å². The van der Waals surface area contributed by atoms with Gasteiger partial charge in [-0.3, -0.25) is 4.67 Å². The normalized spacial score (nSPS) is 24.8. The molecular formula is C8H19N2OP. The SMILES string of the molecule is PN1CCCCNCCOCC1. The molecule has 1 aliphatic heterocycles. The Kier molecular flexibility index (Phi) is 5.88. The lowest BCUT2D eigenvalue weighted by Gasteiger charge is -2.14. The maximum Gasteiger partial charge on any atom is 0.0597 e. The minimum Gasteiger partial charge on any atom is -0.379 e. The van der Waals surface area contributed by atoms with E-state index in [-0.39, 0.29) is 0 Å². The summed E-state index contributed by atoms with van der Waals surface area (Å²) in [5.74, 6) is 0. The van der Waals surface area contributed by atoms with Crippen molar-refractivity contribution in [2.24, 2.45) is 0 Å². The lowest BCUT2D eigenvalue weighted by atomic mass is 10.3. The van der Waals surface area contributed by atoms with Gasteiger partial charge >= 0.3 is 0 Å². The molecule has 72 valence electrons. The summed E-state index contributed by atoms with van der Waals surface area (Å²) in [7, 11) is 2.75. The summed E-state index contributed by atoms with van der Waals surface area (Å²) in [6, 6.07) is 0. The molecule has 1 atom stereocenters. The zero-order valence-electron chi connectivity index (χ0n) is 7.59. The number of nitrogens with one attached hydrogen (secondary N) is 1. The van der Waals surface area contributed by atoms with E-state index in [9.17, 15) is 0 Å². The monoisotopic (exact) mass is 190 g/mol. The standard InChI is InChI=1S/C8H19N2OP/c12-10-5-2-1-3-9-4-7-11-8-6-10/h9H,1-8,12H2. The third-order valence-electron chi connectivity index (χ3n) is 1.99. The van der Waals surface area contributed by atoms with Crippen LogP contribution in [0.4, 0.5) is 0 Å². The second-order valence-corrected chi connectivity index (χ2v) is 3.84. The second kappa shape index (κ2) is 6.79. The molecule has 1 rings (SSSR count). The molecule has 1 saturated heterocycles. The molecule has 4 heteroatoms. The fourth-order valence-corrected chi connectivity index (χ4v) is 1.52. The van der Waals surface area contributed by atoms with Crippen LogP contribution in [0, 0.1) is 0 Å². The van der Waals surface area contributed by atoms with E-state index in [1.807, 2.05) is 0 Å². The average Bonchev–Trinajstić information content (AvgIpc) is 2.11. The molecule has 0 aromatic carbocycles. The molecule has 0 radical (unpaired) electrons. The molecule has 1 fully saturated rings. The Morgan fingerprint density at radius 1 is 1.08 bits per heavy atom. The van der Waals surface area contributed by atoms with Gasteiger partial charge in [-0.2, -0.15) is 0 Å². The van der Waals surface area contributed by atoms with Crippen LogP contribution in [0.15, 0.2) is 0 Å². The summed E-state index contributed by atoms with van der Waals surface area (Å²) in [4.78, 5) is 0. The molecule has 12 heavy (non-hydrogen) atoms. The molecule has 1 aliphatic rings. The zero-order valence-corrected chi connectivity index (χ0v) is 8.74. The summed E-state index contributed by atoms with van der Waals surface area (Å²) >= 11 is 0. The van der Waals surface area contributed by atoms with Gasteiger partial charge in [0, 0.05) is 19.6 Å². The molecule has 1 unspecified atom stereocenters. The highest BCUT2D eigenvalue weighted by Crippen LogP contribution is 2.01. The summed E-state index contributed by atoms with van der Waals surface area (Å²) in [6.07, 6.45) is 2.54. The van der Waals surface area contributed by atoms with E-state index >= 15 is 0 Å². The fourth-order valence-electron chi connectivity index (χ4n) is 1.23. The Labute approximate surface area is 77.1 Å². The Morgan fingerprint density at radius 2 is 2.00 bits per heavy atom. The minimum absolute atomic E-state index is 0.846. The van der Waals surface area contributed by atoms with Crippen molar-refractivity contribution in [3.05, 3.63) is 0 Å². The Balaban J connectivity index is 2.13. The van der Waals surface area contributed by atoms with Gasteiger partial charge in [0.1, 0.15) is 0 Å². The van der Waals surface area contributed by atoms with E-state index in [1.54, 1.807) is 0 Å². The number of nitrogens with zero attached hydrogens (tertiary/aromatic N) is 1. The Hall–Kier alpha value is 0.310. The quantitative estimate of drug-likeness (QED) is 0.562.